The first-order valence-corrected chi connectivity index (χ1v) is 11.3. The Kier molecular flexibility index (Phi) is 7.63. The lowest BCUT2D eigenvalue weighted by atomic mass is 10.1. The van der Waals surface area contributed by atoms with Gasteiger partial charge < -0.3 is 14.5 Å². The highest BCUT2D eigenvalue weighted by molar-refractivity contribution is 7.09. The standard InChI is InChI=1S/C23H29N3O3S/c1-4-25(5-2)23(28)20-10-8-14-26(20)22(27)13-12-18-9-6-7-11-21(18)29-15-19-16-30-17(3)24-19/h6-7,9,11-13,16,20H,4-5,8,10,14-15H2,1-3H3/b13-12+. The Morgan fingerprint density at radius 3 is 2.77 bits per heavy atom. The molecule has 160 valence electrons. The largest absolute Gasteiger partial charge is 0.487 e. The van der Waals surface area contributed by atoms with Crippen molar-refractivity contribution >= 4 is 29.2 Å². The predicted octanol–water partition coefficient (Wildman–Crippen LogP) is 3.90. The van der Waals surface area contributed by atoms with Gasteiger partial charge in [-0.1, -0.05) is 18.2 Å². The molecule has 0 radical (unpaired) electrons. The van der Waals surface area contributed by atoms with Gasteiger partial charge in [0.2, 0.25) is 11.8 Å². The van der Waals surface area contributed by atoms with Gasteiger partial charge in [-0.15, -0.1) is 11.3 Å². The fraction of sp³-hybridized carbons (Fsp3) is 0.435. The molecule has 0 saturated carbocycles. The summed E-state index contributed by atoms with van der Waals surface area (Å²) in [4.78, 5) is 33.5. The molecule has 3 rings (SSSR count). The maximum absolute atomic E-state index is 12.8. The van der Waals surface area contributed by atoms with Gasteiger partial charge in [-0.05, 0) is 45.8 Å². The average molecular weight is 428 g/mol. The predicted molar refractivity (Wildman–Crippen MR) is 119 cm³/mol. The molecule has 7 heteroatoms. The van der Waals surface area contributed by atoms with Crippen LogP contribution >= 0.6 is 11.3 Å². The molecule has 0 aliphatic carbocycles. The topological polar surface area (TPSA) is 62.7 Å². The molecular weight excluding hydrogens is 398 g/mol. The molecular formula is C23H29N3O3S. The minimum atomic E-state index is -0.360. The van der Waals surface area contributed by atoms with Crippen molar-refractivity contribution in [1.29, 1.82) is 0 Å². The average Bonchev–Trinajstić information content (AvgIpc) is 3.41. The molecule has 0 bridgehead atoms. The van der Waals surface area contributed by atoms with Gasteiger partial charge in [0.15, 0.2) is 0 Å². The zero-order valence-electron chi connectivity index (χ0n) is 17.8. The number of thiazole rings is 1. The molecule has 0 N–H and O–H groups in total. The molecule has 6 nitrogen and oxygen atoms in total. The number of carbonyl (C=O) groups excluding carboxylic acids is 2. The second kappa shape index (κ2) is 10.4. The van der Waals surface area contributed by atoms with Crippen molar-refractivity contribution in [3.05, 3.63) is 52.0 Å². The van der Waals surface area contributed by atoms with E-state index in [9.17, 15) is 9.59 Å². The lowest BCUT2D eigenvalue weighted by Gasteiger charge is -2.28. The highest BCUT2D eigenvalue weighted by Crippen LogP contribution is 2.23. The van der Waals surface area contributed by atoms with Crippen molar-refractivity contribution in [2.45, 2.75) is 46.3 Å². The molecule has 1 aliphatic rings. The van der Waals surface area contributed by atoms with Crippen LogP contribution in [0.1, 0.15) is 43.0 Å². The van der Waals surface area contributed by atoms with E-state index in [0.717, 1.165) is 29.1 Å². The first kappa shape index (κ1) is 22.0. The molecule has 1 aliphatic heterocycles. The summed E-state index contributed by atoms with van der Waals surface area (Å²) in [6.07, 6.45) is 4.88. The number of nitrogens with zero attached hydrogens (tertiary/aromatic N) is 3. The van der Waals surface area contributed by atoms with Gasteiger partial charge >= 0.3 is 0 Å². The molecule has 1 saturated heterocycles. The van der Waals surface area contributed by atoms with Crippen molar-refractivity contribution in [3.63, 3.8) is 0 Å². The number of aryl methyl sites for hydroxylation is 1. The summed E-state index contributed by atoms with van der Waals surface area (Å²) in [5, 5.41) is 2.99. The molecule has 2 heterocycles. The third-order valence-corrected chi connectivity index (χ3v) is 6.08. The highest BCUT2D eigenvalue weighted by Gasteiger charge is 2.34. The Morgan fingerprint density at radius 2 is 2.07 bits per heavy atom. The van der Waals surface area contributed by atoms with Gasteiger partial charge in [-0.3, -0.25) is 9.59 Å². The molecule has 30 heavy (non-hydrogen) atoms. The van der Waals surface area contributed by atoms with Crippen LogP contribution in [-0.2, 0) is 16.2 Å². The van der Waals surface area contributed by atoms with Crippen LogP contribution in [0.2, 0.25) is 0 Å². The minimum Gasteiger partial charge on any atom is -0.487 e. The maximum Gasteiger partial charge on any atom is 0.247 e. The summed E-state index contributed by atoms with van der Waals surface area (Å²) < 4.78 is 5.92. The Labute approximate surface area is 182 Å². The fourth-order valence-corrected chi connectivity index (χ4v) is 4.26. The van der Waals surface area contributed by atoms with Gasteiger partial charge in [0.25, 0.3) is 0 Å². The lowest BCUT2D eigenvalue weighted by Crippen LogP contribution is -2.47. The first-order chi connectivity index (χ1) is 14.5. The van der Waals surface area contributed by atoms with E-state index >= 15 is 0 Å². The third kappa shape index (κ3) is 5.27. The second-order valence-corrected chi connectivity index (χ2v) is 8.28. The third-order valence-electron chi connectivity index (χ3n) is 5.26. The monoisotopic (exact) mass is 427 g/mol. The summed E-state index contributed by atoms with van der Waals surface area (Å²) >= 11 is 1.59. The maximum atomic E-state index is 12.8. The van der Waals surface area contributed by atoms with Gasteiger partial charge in [0.1, 0.15) is 18.4 Å². The van der Waals surface area contributed by atoms with Gasteiger partial charge in [-0.25, -0.2) is 4.98 Å². The fourth-order valence-electron chi connectivity index (χ4n) is 3.67. The number of para-hydroxylation sites is 1. The van der Waals surface area contributed by atoms with E-state index in [-0.39, 0.29) is 17.9 Å². The van der Waals surface area contributed by atoms with Gasteiger partial charge in [0, 0.05) is 36.7 Å². The highest BCUT2D eigenvalue weighted by atomic mass is 32.1. The Balaban J connectivity index is 1.67. The van der Waals surface area contributed by atoms with Crippen LogP contribution < -0.4 is 4.74 Å². The molecule has 1 unspecified atom stereocenters. The Bertz CT molecular complexity index is 905. The zero-order valence-corrected chi connectivity index (χ0v) is 18.7. The van der Waals surface area contributed by atoms with Crippen LogP contribution in [0.3, 0.4) is 0 Å². The first-order valence-electron chi connectivity index (χ1n) is 10.4. The van der Waals surface area contributed by atoms with Gasteiger partial charge in [0.05, 0.1) is 10.7 Å². The van der Waals surface area contributed by atoms with Crippen molar-refractivity contribution in [2.24, 2.45) is 0 Å². The Hall–Kier alpha value is -2.67. The summed E-state index contributed by atoms with van der Waals surface area (Å²) in [6, 6.07) is 7.24. The number of likely N-dealkylation sites (tertiary alicyclic amines) is 1. The van der Waals surface area contributed by atoms with Crippen LogP contribution in [0.25, 0.3) is 6.08 Å². The minimum absolute atomic E-state index is 0.0431. The van der Waals surface area contributed by atoms with Crippen LogP contribution in [0.5, 0.6) is 5.75 Å². The molecule has 2 amide bonds. The summed E-state index contributed by atoms with van der Waals surface area (Å²) in [7, 11) is 0. The number of likely N-dealkylation sites (N-methyl/N-ethyl adjacent to an activating group) is 1. The van der Waals surface area contributed by atoms with Crippen molar-refractivity contribution in [1.82, 2.24) is 14.8 Å². The number of hydrogen-bond acceptors (Lipinski definition) is 5. The molecule has 2 aromatic rings. The molecule has 1 aromatic carbocycles. The summed E-state index contributed by atoms with van der Waals surface area (Å²) in [6.45, 7) is 8.21. The normalized spacial score (nSPS) is 16.2. The van der Waals surface area contributed by atoms with E-state index in [4.69, 9.17) is 4.74 Å². The van der Waals surface area contributed by atoms with Crippen molar-refractivity contribution in [3.8, 4) is 5.75 Å². The van der Waals surface area contributed by atoms with Crippen LogP contribution in [0.4, 0.5) is 0 Å². The molecule has 1 aromatic heterocycles. The SMILES string of the molecule is CCN(CC)C(=O)C1CCCN1C(=O)/C=C/c1ccccc1OCc1csc(C)n1. The molecule has 1 atom stereocenters. The number of ether oxygens (including phenoxy) is 1. The van der Waals surface area contributed by atoms with E-state index in [2.05, 4.69) is 4.98 Å². The quantitative estimate of drug-likeness (QED) is 0.600. The molecule has 1 fully saturated rings. The number of benzene rings is 1. The van der Waals surface area contributed by atoms with Crippen molar-refractivity contribution in [2.75, 3.05) is 19.6 Å². The second-order valence-electron chi connectivity index (χ2n) is 7.22. The number of hydrogen-bond donors (Lipinski definition) is 0. The lowest BCUT2D eigenvalue weighted by molar-refractivity contribution is -0.141. The van der Waals surface area contributed by atoms with E-state index in [1.807, 2.05) is 50.4 Å². The number of rotatable bonds is 8. The van der Waals surface area contributed by atoms with E-state index in [1.54, 1.807) is 33.3 Å². The van der Waals surface area contributed by atoms with Crippen molar-refractivity contribution < 1.29 is 14.3 Å². The van der Waals surface area contributed by atoms with Crippen LogP contribution in [-0.4, -0.2) is 52.3 Å². The zero-order chi connectivity index (χ0) is 21.5. The van der Waals surface area contributed by atoms with E-state index in [1.165, 1.54) is 0 Å². The van der Waals surface area contributed by atoms with Crippen LogP contribution in [0.15, 0.2) is 35.7 Å². The smallest absolute Gasteiger partial charge is 0.247 e. The van der Waals surface area contributed by atoms with E-state index < -0.39 is 0 Å². The molecule has 0 spiro atoms. The van der Waals surface area contributed by atoms with E-state index in [0.29, 0.717) is 32.0 Å². The number of carbonyl (C=O) groups is 2. The number of aromatic nitrogens is 1. The summed E-state index contributed by atoms with van der Waals surface area (Å²) in [5.74, 6) is 0.605. The summed E-state index contributed by atoms with van der Waals surface area (Å²) in [5.41, 5.74) is 1.71. The Morgan fingerprint density at radius 1 is 1.30 bits per heavy atom. The van der Waals surface area contributed by atoms with Crippen LogP contribution in [0, 0.1) is 6.92 Å². The van der Waals surface area contributed by atoms with Gasteiger partial charge in [-0.2, -0.15) is 0 Å². The number of amides is 2.